The van der Waals surface area contributed by atoms with Gasteiger partial charge in [-0.2, -0.15) is 0 Å². The highest BCUT2D eigenvalue weighted by atomic mass is 32.2. The van der Waals surface area contributed by atoms with Gasteiger partial charge in [-0.25, -0.2) is 13.1 Å². The molecule has 5 nitrogen and oxygen atoms in total. The van der Waals surface area contributed by atoms with Gasteiger partial charge in [0.05, 0.1) is 14.2 Å². The van der Waals surface area contributed by atoms with Gasteiger partial charge in [-0.3, -0.25) is 0 Å². The van der Waals surface area contributed by atoms with Crippen molar-refractivity contribution in [1.29, 1.82) is 0 Å². The van der Waals surface area contributed by atoms with Gasteiger partial charge in [-0.15, -0.1) is 0 Å². The van der Waals surface area contributed by atoms with E-state index in [1.165, 1.54) is 25.8 Å². The maximum Gasteiger partial charge on any atom is 0.244 e. The monoisotopic (exact) mass is 377 g/mol. The number of sulfonamides is 1. The van der Waals surface area contributed by atoms with Gasteiger partial charge in [-0.05, 0) is 35.6 Å². The maximum atomic E-state index is 12.8. The van der Waals surface area contributed by atoms with Gasteiger partial charge in [0, 0.05) is 12.1 Å². The predicted octanol–water partition coefficient (Wildman–Crippen LogP) is 4.04. The second kappa shape index (κ2) is 7.68. The van der Waals surface area contributed by atoms with Crippen LogP contribution in [0.25, 0.3) is 0 Å². The third kappa shape index (κ3) is 4.56. The molecule has 2 aromatic rings. The number of nitrogens with one attached hydrogen (secondary N) is 1. The molecule has 142 valence electrons. The molecule has 2 aromatic carbocycles. The molecule has 0 radical (unpaired) electrons. The van der Waals surface area contributed by atoms with Crippen LogP contribution in [0.5, 0.6) is 11.5 Å². The van der Waals surface area contributed by atoms with Crippen LogP contribution in [-0.4, -0.2) is 22.6 Å². The molecule has 1 atom stereocenters. The van der Waals surface area contributed by atoms with E-state index in [1.54, 1.807) is 12.1 Å². The van der Waals surface area contributed by atoms with Crippen LogP contribution in [0, 0.1) is 0 Å². The number of methoxy groups -OCH3 is 2. The van der Waals surface area contributed by atoms with E-state index >= 15 is 0 Å². The average Bonchev–Trinajstić information content (AvgIpc) is 2.60. The Morgan fingerprint density at radius 1 is 0.962 bits per heavy atom. The number of hydrogen-bond acceptors (Lipinski definition) is 4. The summed E-state index contributed by atoms with van der Waals surface area (Å²) < 4.78 is 38.7. The molecule has 0 saturated carbocycles. The van der Waals surface area contributed by atoms with Crippen LogP contribution in [0.2, 0.25) is 0 Å². The molecule has 0 aromatic heterocycles. The fourth-order valence-corrected chi connectivity index (χ4v) is 4.05. The van der Waals surface area contributed by atoms with Crippen LogP contribution >= 0.6 is 0 Å². The molecule has 1 N–H and O–H groups in total. The molecule has 0 aliphatic heterocycles. The Balaban J connectivity index is 2.29. The maximum absolute atomic E-state index is 12.8. The zero-order valence-corrected chi connectivity index (χ0v) is 17.0. The molecule has 0 aliphatic rings. The van der Waals surface area contributed by atoms with Crippen LogP contribution in [-0.2, 0) is 15.4 Å². The molecule has 2 rings (SSSR count). The van der Waals surface area contributed by atoms with E-state index in [2.05, 4.69) is 25.5 Å². The Morgan fingerprint density at radius 3 is 2.08 bits per heavy atom. The zero-order chi connectivity index (χ0) is 19.5. The lowest BCUT2D eigenvalue weighted by Crippen LogP contribution is -2.27. The normalized spacial score (nSPS) is 13.3. The van der Waals surface area contributed by atoms with Crippen LogP contribution < -0.4 is 14.2 Å². The van der Waals surface area contributed by atoms with Crippen molar-refractivity contribution >= 4 is 10.0 Å². The van der Waals surface area contributed by atoms with E-state index in [9.17, 15) is 8.42 Å². The number of ether oxygens (including phenoxy) is 2. The zero-order valence-electron chi connectivity index (χ0n) is 16.2. The molecule has 26 heavy (non-hydrogen) atoms. The van der Waals surface area contributed by atoms with E-state index in [4.69, 9.17) is 9.47 Å². The highest BCUT2D eigenvalue weighted by Gasteiger charge is 2.23. The summed E-state index contributed by atoms with van der Waals surface area (Å²) in [4.78, 5) is 0.0533. The number of benzene rings is 2. The summed E-state index contributed by atoms with van der Waals surface area (Å²) in [5.74, 6) is 0.724. The van der Waals surface area contributed by atoms with E-state index in [0.29, 0.717) is 5.75 Å². The first kappa shape index (κ1) is 20.3. The summed E-state index contributed by atoms with van der Waals surface area (Å²) in [5, 5.41) is 0. The SMILES string of the molecule is COc1ccc(OC)c(S(=O)(=O)NC(C)c2ccc(C(C)(C)C)cc2)c1. The van der Waals surface area contributed by atoms with Crippen molar-refractivity contribution in [1.82, 2.24) is 4.72 Å². The lowest BCUT2D eigenvalue weighted by atomic mass is 9.86. The fraction of sp³-hybridized carbons (Fsp3) is 0.400. The second-order valence-corrected chi connectivity index (χ2v) is 8.91. The minimum atomic E-state index is -3.78. The summed E-state index contributed by atoms with van der Waals surface area (Å²) in [6.07, 6.45) is 0. The fourth-order valence-electron chi connectivity index (χ4n) is 2.63. The third-order valence-electron chi connectivity index (χ3n) is 4.27. The Hall–Kier alpha value is -2.05. The van der Waals surface area contributed by atoms with Crippen molar-refractivity contribution < 1.29 is 17.9 Å². The summed E-state index contributed by atoms with van der Waals surface area (Å²) >= 11 is 0. The quantitative estimate of drug-likeness (QED) is 0.825. The molecular formula is C20H27NO4S. The minimum Gasteiger partial charge on any atom is -0.497 e. The van der Waals surface area contributed by atoms with E-state index in [-0.39, 0.29) is 22.1 Å². The highest BCUT2D eigenvalue weighted by molar-refractivity contribution is 7.89. The Kier molecular flexibility index (Phi) is 5.98. The molecule has 0 heterocycles. The molecule has 0 fully saturated rings. The molecule has 0 saturated heterocycles. The lowest BCUT2D eigenvalue weighted by Gasteiger charge is -2.21. The third-order valence-corrected chi connectivity index (χ3v) is 5.83. The van der Waals surface area contributed by atoms with Gasteiger partial charge < -0.3 is 9.47 Å². The van der Waals surface area contributed by atoms with Gasteiger partial charge in [-0.1, -0.05) is 45.0 Å². The Labute approximate surface area is 156 Å². The summed E-state index contributed by atoms with van der Waals surface area (Å²) in [6.45, 7) is 8.24. The average molecular weight is 378 g/mol. The number of hydrogen-bond donors (Lipinski definition) is 1. The van der Waals surface area contributed by atoms with Crippen molar-refractivity contribution in [3.8, 4) is 11.5 Å². The molecule has 0 amide bonds. The largest absolute Gasteiger partial charge is 0.497 e. The van der Waals surface area contributed by atoms with Crippen molar-refractivity contribution in [2.75, 3.05) is 14.2 Å². The van der Waals surface area contributed by atoms with E-state index < -0.39 is 10.0 Å². The van der Waals surface area contributed by atoms with Crippen molar-refractivity contribution in [3.05, 3.63) is 53.6 Å². The van der Waals surface area contributed by atoms with Gasteiger partial charge in [0.15, 0.2) is 0 Å². The van der Waals surface area contributed by atoms with Gasteiger partial charge >= 0.3 is 0 Å². The first-order valence-electron chi connectivity index (χ1n) is 8.43. The second-order valence-electron chi connectivity index (χ2n) is 7.23. The first-order valence-corrected chi connectivity index (χ1v) is 9.91. The standard InChI is InChI=1S/C20H27NO4S/c1-14(15-7-9-16(10-8-15)20(2,3)4)21-26(22,23)19-13-17(24-5)11-12-18(19)25-6/h7-14,21H,1-6H3. The minimum absolute atomic E-state index is 0.0508. The summed E-state index contributed by atoms with van der Waals surface area (Å²) in [5.41, 5.74) is 2.14. The van der Waals surface area contributed by atoms with Crippen molar-refractivity contribution in [2.45, 2.75) is 44.0 Å². The molecule has 0 aliphatic carbocycles. The predicted molar refractivity (Wildman–Crippen MR) is 103 cm³/mol. The van der Waals surface area contributed by atoms with E-state index in [0.717, 1.165) is 5.56 Å². The van der Waals surface area contributed by atoms with Gasteiger partial charge in [0.1, 0.15) is 16.4 Å². The Bertz CT molecular complexity index is 852. The lowest BCUT2D eigenvalue weighted by molar-refractivity contribution is 0.391. The summed E-state index contributed by atoms with van der Waals surface area (Å²) in [6, 6.07) is 12.3. The molecule has 0 spiro atoms. The van der Waals surface area contributed by atoms with Crippen LogP contribution in [0.15, 0.2) is 47.4 Å². The van der Waals surface area contributed by atoms with Crippen molar-refractivity contribution in [3.63, 3.8) is 0 Å². The van der Waals surface area contributed by atoms with Gasteiger partial charge in [0.2, 0.25) is 10.0 Å². The van der Waals surface area contributed by atoms with Gasteiger partial charge in [0.25, 0.3) is 0 Å². The molecule has 6 heteroatoms. The first-order chi connectivity index (χ1) is 12.1. The number of rotatable bonds is 6. The van der Waals surface area contributed by atoms with Crippen LogP contribution in [0.4, 0.5) is 0 Å². The van der Waals surface area contributed by atoms with Crippen LogP contribution in [0.1, 0.15) is 44.9 Å². The molecule has 1 unspecified atom stereocenters. The molecule has 0 bridgehead atoms. The smallest absolute Gasteiger partial charge is 0.244 e. The summed E-state index contributed by atoms with van der Waals surface area (Å²) in [7, 11) is -0.845. The molecular weight excluding hydrogens is 350 g/mol. The van der Waals surface area contributed by atoms with E-state index in [1.807, 2.05) is 31.2 Å². The highest BCUT2D eigenvalue weighted by Crippen LogP contribution is 2.30. The van der Waals surface area contributed by atoms with Crippen molar-refractivity contribution in [2.24, 2.45) is 0 Å². The topological polar surface area (TPSA) is 64.6 Å². The Morgan fingerprint density at radius 2 is 1.58 bits per heavy atom. The van der Waals surface area contributed by atoms with Crippen LogP contribution in [0.3, 0.4) is 0 Å².